The molecule has 1 aliphatic heterocycles. The van der Waals surface area contributed by atoms with Crippen molar-refractivity contribution in [2.75, 3.05) is 33.2 Å². The van der Waals surface area contributed by atoms with Crippen LogP contribution in [0.4, 0.5) is 0 Å². The van der Waals surface area contributed by atoms with E-state index in [1.807, 2.05) is 7.05 Å². The number of aromatic carboxylic acids is 1. The number of H-pyrrole nitrogens is 1. The molecule has 3 aromatic rings. The Morgan fingerprint density at radius 1 is 1.14 bits per heavy atom. The molecule has 3 heterocycles. The van der Waals surface area contributed by atoms with Crippen molar-refractivity contribution in [3.63, 3.8) is 0 Å². The number of carboxylic acids is 1. The number of nitrogens with one attached hydrogen (secondary N) is 1. The van der Waals surface area contributed by atoms with E-state index < -0.39 is 16.0 Å². The molecule has 4 rings (SSSR count). The molecule has 1 saturated heterocycles. The summed E-state index contributed by atoms with van der Waals surface area (Å²) in [5, 5.41) is 20.0. The van der Waals surface area contributed by atoms with E-state index in [0.29, 0.717) is 48.3 Å². The number of nitrogens with zero attached hydrogens (tertiary/aromatic N) is 3. The number of aromatic nitrogens is 2. The number of rotatable bonds is 4. The number of benzene rings is 1. The summed E-state index contributed by atoms with van der Waals surface area (Å²) in [6, 6.07) is 7.41. The Labute approximate surface area is 167 Å². The van der Waals surface area contributed by atoms with Gasteiger partial charge in [0.25, 0.3) is 0 Å². The van der Waals surface area contributed by atoms with E-state index >= 15 is 0 Å². The summed E-state index contributed by atoms with van der Waals surface area (Å²) < 4.78 is 27.1. The Morgan fingerprint density at radius 3 is 2.48 bits per heavy atom. The van der Waals surface area contributed by atoms with E-state index in [1.54, 1.807) is 6.07 Å². The van der Waals surface area contributed by atoms with Crippen LogP contribution in [0.3, 0.4) is 0 Å². The number of piperazine rings is 1. The number of hydrogen-bond acceptors (Lipinski definition) is 6. The van der Waals surface area contributed by atoms with Gasteiger partial charge >= 0.3 is 5.97 Å². The Kier molecular flexibility index (Phi) is 4.77. The van der Waals surface area contributed by atoms with Crippen LogP contribution in [0.2, 0.25) is 0 Å². The van der Waals surface area contributed by atoms with Crippen molar-refractivity contribution in [3.05, 3.63) is 42.1 Å². The number of aromatic hydroxyl groups is 1. The molecule has 2 aromatic heterocycles. The third-order valence-corrected chi connectivity index (χ3v) is 7.00. The monoisotopic (exact) mass is 416 g/mol. The van der Waals surface area contributed by atoms with Crippen LogP contribution in [0.25, 0.3) is 22.2 Å². The van der Waals surface area contributed by atoms with E-state index in [2.05, 4.69) is 14.9 Å². The molecule has 0 unspecified atom stereocenters. The smallest absolute Gasteiger partial charge is 0.335 e. The molecule has 10 heteroatoms. The predicted octanol–water partition coefficient (Wildman–Crippen LogP) is 1.57. The summed E-state index contributed by atoms with van der Waals surface area (Å²) in [4.78, 5) is 20.4. The van der Waals surface area contributed by atoms with E-state index in [4.69, 9.17) is 0 Å². The number of likely N-dealkylation sites (N-methyl/N-ethyl adjacent to an activating group) is 1. The third-order valence-electron chi connectivity index (χ3n) is 5.12. The predicted molar refractivity (Wildman–Crippen MR) is 106 cm³/mol. The van der Waals surface area contributed by atoms with E-state index in [-0.39, 0.29) is 16.3 Å². The molecular weight excluding hydrogens is 396 g/mol. The van der Waals surface area contributed by atoms with Crippen LogP contribution < -0.4 is 0 Å². The van der Waals surface area contributed by atoms with Crippen LogP contribution in [-0.4, -0.2) is 77.0 Å². The molecule has 0 spiro atoms. The first-order valence-corrected chi connectivity index (χ1v) is 10.4. The highest BCUT2D eigenvalue weighted by molar-refractivity contribution is 7.89. The van der Waals surface area contributed by atoms with Gasteiger partial charge < -0.3 is 20.1 Å². The maximum atomic E-state index is 12.8. The van der Waals surface area contributed by atoms with E-state index in [1.165, 1.54) is 34.8 Å². The number of carboxylic acid groups (broad SMARTS) is 1. The van der Waals surface area contributed by atoms with Gasteiger partial charge in [-0.05, 0) is 37.4 Å². The summed E-state index contributed by atoms with van der Waals surface area (Å²) in [6.45, 7) is 2.17. The van der Waals surface area contributed by atoms with Crippen molar-refractivity contribution < 1.29 is 23.4 Å². The third kappa shape index (κ3) is 3.46. The molecule has 0 aliphatic carbocycles. The van der Waals surface area contributed by atoms with Crippen molar-refractivity contribution in [1.82, 2.24) is 19.2 Å². The van der Waals surface area contributed by atoms with Gasteiger partial charge in [0, 0.05) is 43.3 Å². The van der Waals surface area contributed by atoms with Gasteiger partial charge in [0.15, 0.2) is 5.88 Å². The van der Waals surface area contributed by atoms with Crippen molar-refractivity contribution in [1.29, 1.82) is 0 Å². The van der Waals surface area contributed by atoms with Crippen LogP contribution in [-0.2, 0) is 10.0 Å². The Morgan fingerprint density at radius 2 is 1.86 bits per heavy atom. The molecule has 29 heavy (non-hydrogen) atoms. The number of pyridine rings is 1. The minimum atomic E-state index is -3.65. The van der Waals surface area contributed by atoms with E-state index in [9.17, 15) is 23.4 Å². The zero-order chi connectivity index (χ0) is 20.8. The number of hydrogen-bond donors (Lipinski definition) is 3. The van der Waals surface area contributed by atoms with Crippen molar-refractivity contribution >= 4 is 26.9 Å². The van der Waals surface area contributed by atoms with Crippen LogP contribution in [0.1, 0.15) is 10.4 Å². The zero-order valence-corrected chi connectivity index (χ0v) is 16.5. The van der Waals surface area contributed by atoms with Crippen LogP contribution in [0, 0.1) is 0 Å². The highest BCUT2D eigenvalue weighted by Gasteiger charge is 2.28. The molecule has 0 bridgehead atoms. The molecule has 3 N–H and O–H groups in total. The lowest BCUT2D eigenvalue weighted by atomic mass is 10.1. The van der Waals surface area contributed by atoms with Gasteiger partial charge in [0.05, 0.1) is 16.8 Å². The molecule has 0 radical (unpaired) electrons. The fourth-order valence-corrected chi connectivity index (χ4v) is 4.80. The van der Waals surface area contributed by atoms with Gasteiger partial charge in [-0.2, -0.15) is 4.31 Å². The molecule has 0 saturated carbocycles. The van der Waals surface area contributed by atoms with Crippen molar-refractivity contribution in [3.8, 4) is 17.1 Å². The Balaban J connectivity index is 1.70. The highest BCUT2D eigenvalue weighted by atomic mass is 32.2. The first-order chi connectivity index (χ1) is 13.8. The Bertz CT molecular complexity index is 1180. The standard InChI is InChI=1S/C19H20N4O5S/c1-22-6-8-23(9-7-22)29(27,28)13-3-5-16(20-11-13)17-14-10-12(19(25)26)2-4-15(14)21-18(17)24/h2-5,10-11,21,24H,6-9H2,1H3,(H,25,26). The van der Waals surface area contributed by atoms with Crippen molar-refractivity contribution in [2.45, 2.75) is 4.90 Å². The van der Waals surface area contributed by atoms with Gasteiger partial charge in [0.1, 0.15) is 4.90 Å². The number of aromatic amines is 1. The summed E-state index contributed by atoms with van der Waals surface area (Å²) in [6.07, 6.45) is 1.27. The lowest BCUT2D eigenvalue weighted by Crippen LogP contribution is -2.47. The fourth-order valence-electron chi connectivity index (χ4n) is 3.43. The quantitative estimate of drug-likeness (QED) is 0.589. The molecular formula is C19H20N4O5S. The largest absolute Gasteiger partial charge is 0.494 e. The maximum absolute atomic E-state index is 12.8. The van der Waals surface area contributed by atoms with Crippen molar-refractivity contribution in [2.24, 2.45) is 0 Å². The average molecular weight is 416 g/mol. The SMILES string of the molecule is CN1CCN(S(=O)(=O)c2ccc(-c3c(O)[nH]c4ccc(C(=O)O)cc34)nc2)CC1. The summed E-state index contributed by atoms with van der Waals surface area (Å²) in [5.74, 6) is -1.25. The molecule has 0 atom stereocenters. The first kappa shape index (κ1) is 19.4. The minimum Gasteiger partial charge on any atom is -0.494 e. The lowest BCUT2D eigenvalue weighted by molar-refractivity contribution is 0.0697. The second-order valence-corrected chi connectivity index (χ2v) is 8.94. The molecule has 1 fully saturated rings. The van der Waals surface area contributed by atoms with E-state index in [0.717, 1.165) is 0 Å². The molecule has 1 aliphatic rings. The van der Waals surface area contributed by atoms with Gasteiger partial charge in [-0.3, -0.25) is 4.98 Å². The van der Waals surface area contributed by atoms with Crippen LogP contribution >= 0.6 is 0 Å². The van der Waals surface area contributed by atoms with Crippen LogP contribution in [0.15, 0.2) is 41.4 Å². The highest BCUT2D eigenvalue weighted by Crippen LogP contribution is 2.36. The van der Waals surface area contributed by atoms with Crippen LogP contribution in [0.5, 0.6) is 5.88 Å². The second-order valence-electron chi connectivity index (χ2n) is 7.00. The summed E-state index contributed by atoms with van der Waals surface area (Å²) >= 11 is 0. The van der Waals surface area contributed by atoms with Gasteiger partial charge in [-0.1, -0.05) is 0 Å². The lowest BCUT2D eigenvalue weighted by Gasteiger charge is -2.31. The molecule has 152 valence electrons. The average Bonchev–Trinajstić information content (AvgIpc) is 3.03. The first-order valence-electron chi connectivity index (χ1n) is 9.00. The molecule has 0 amide bonds. The summed E-state index contributed by atoms with van der Waals surface area (Å²) in [5.41, 5.74) is 1.30. The normalized spacial score (nSPS) is 16.3. The topological polar surface area (TPSA) is 127 Å². The van der Waals surface area contributed by atoms with Gasteiger partial charge in [-0.25, -0.2) is 13.2 Å². The summed E-state index contributed by atoms with van der Waals surface area (Å²) in [7, 11) is -1.70. The number of carbonyl (C=O) groups is 1. The number of sulfonamides is 1. The number of fused-ring (bicyclic) bond motifs is 1. The minimum absolute atomic E-state index is 0.0759. The molecule has 1 aromatic carbocycles. The zero-order valence-electron chi connectivity index (χ0n) is 15.7. The van der Waals surface area contributed by atoms with Gasteiger partial charge in [0.2, 0.25) is 10.0 Å². The fraction of sp³-hybridized carbons (Fsp3) is 0.263. The Hall–Kier alpha value is -2.95. The second kappa shape index (κ2) is 7.14. The molecule has 9 nitrogen and oxygen atoms in total. The maximum Gasteiger partial charge on any atom is 0.335 e. The van der Waals surface area contributed by atoms with Gasteiger partial charge in [-0.15, -0.1) is 0 Å².